The predicted octanol–water partition coefficient (Wildman–Crippen LogP) is 1.69. The number of rotatable bonds is 5. The van der Waals surface area contributed by atoms with Crippen molar-refractivity contribution in [3.05, 3.63) is 35.4 Å². The van der Waals surface area contributed by atoms with Crippen LogP contribution in [0.4, 0.5) is 0 Å². The molecular weight excluding hydrogens is 232 g/mol. The fraction of sp³-hybridized carbons (Fsp3) is 0.417. The van der Waals surface area contributed by atoms with E-state index in [1.165, 1.54) is 6.07 Å². The number of carbonyl (C=O) groups is 1. The molecule has 1 aromatic rings. The Morgan fingerprint density at radius 1 is 1.38 bits per heavy atom. The van der Waals surface area contributed by atoms with Crippen LogP contribution in [0.15, 0.2) is 24.3 Å². The first-order chi connectivity index (χ1) is 7.16. The maximum atomic E-state index is 10.9. The van der Waals surface area contributed by atoms with Crippen molar-refractivity contribution in [2.45, 2.75) is 32.3 Å². The van der Waals surface area contributed by atoms with Crippen molar-refractivity contribution in [2.75, 3.05) is 0 Å². The number of carboxylic acid groups (broad SMARTS) is 1. The molecule has 1 unspecified atom stereocenters. The molecule has 0 spiro atoms. The predicted molar refractivity (Wildman–Crippen MR) is 66.4 cm³/mol. The molecule has 3 nitrogen and oxygen atoms in total. The molecule has 0 aliphatic heterocycles. The number of aliphatic hydroxyl groups excluding tert-OH is 1. The molecular formula is C12H18CaO3. The van der Waals surface area contributed by atoms with Crippen LogP contribution in [-0.2, 0) is 0 Å². The van der Waals surface area contributed by atoms with Gasteiger partial charge in [0, 0.05) is 0 Å². The molecule has 1 aromatic carbocycles. The molecule has 4 heteroatoms. The van der Waals surface area contributed by atoms with Gasteiger partial charge in [0.1, 0.15) is 0 Å². The van der Waals surface area contributed by atoms with E-state index in [0.717, 1.165) is 12.8 Å². The zero-order valence-electron chi connectivity index (χ0n) is 8.81. The van der Waals surface area contributed by atoms with E-state index in [4.69, 9.17) is 5.11 Å². The Hall–Kier alpha value is -0.0903. The summed E-state index contributed by atoms with van der Waals surface area (Å²) >= 11 is 0. The summed E-state index contributed by atoms with van der Waals surface area (Å²) in [5.41, 5.74) is 0.708. The van der Waals surface area contributed by atoms with Crippen LogP contribution in [0.1, 0.15) is 48.2 Å². The second-order valence-corrected chi connectivity index (χ2v) is 3.55. The van der Waals surface area contributed by atoms with Gasteiger partial charge in [0.2, 0.25) is 0 Å². The zero-order valence-corrected chi connectivity index (χ0v) is 8.81. The molecule has 2 N–H and O–H groups in total. The van der Waals surface area contributed by atoms with Gasteiger partial charge < -0.3 is 10.2 Å². The van der Waals surface area contributed by atoms with Crippen molar-refractivity contribution in [2.24, 2.45) is 0 Å². The standard InChI is InChI=1S/C12H16O3.Ca.2H/c1-2-3-8-11(13)9-6-4-5-7-10(9)12(14)15;;;/h4-7,11,13H,2-3,8H2,1H3,(H,14,15);;;. The number of aliphatic hydroxyl groups is 1. The Bertz CT molecular complexity index is 339. The molecule has 86 valence electrons. The van der Waals surface area contributed by atoms with Crippen molar-refractivity contribution in [3.63, 3.8) is 0 Å². The molecule has 0 radical (unpaired) electrons. The van der Waals surface area contributed by atoms with Crippen molar-refractivity contribution in [1.82, 2.24) is 0 Å². The molecule has 0 saturated carbocycles. The molecule has 1 rings (SSSR count). The molecule has 0 saturated heterocycles. The van der Waals surface area contributed by atoms with Crippen LogP contribution < -0.4 is 0 Å². The number of benzene rings is 1. The first-order valence-electron chi connectivity index (χ1n) is 5.17. The summed E-state index contributed by atoms with van der Waals surface area (Å²) in [6.45, 7) is 2.04. The Morgan fingerprint density at radius 3 is 2.56 bits per heavy atom. The first-order valence-corrected chi connectivity index (χ1v) is 5.17. The first kappa shape index (κ1) is 15.9. The third kappa shape index (κ3) is 4.42. The normalized spacial score (nSPS) is 11.6. The van der Waals surface area contributed by atoms with Gasteiger partial charge >= 0.3 is 43.7 Å². The Balaban J connectivity index is 0.00000225. The van der Waals surface area contributed by atoms with Crippen LogP contribution in [0.2, 0.25) is 0 Å². The van der Waals surface area contributed by atoms with Crippen molar-refractivity contribution < 1.29 is 15.0 Å². The van der Waals surface area contributed by atoms with Gasteiger partial charge in [0.15, 0.2) is 0 Å². The van der Waals surface area contributed by atoms with Gasteiger partial charge in [0.25, 0.3) is 0 Å². The molecule has 0 aliphatic rings. The Kier molecular flexibility index (Phi) is 8.02. The van der Waals surface area contributed by atoms with Gasteiger partial charge in [-0.2, -0.15) is 0 Å². The van der Waals surface area contributed by atoms with Crippen LogP contribution >= 0.6 is 0 Å². The van der Waals surface area contributed by atoms with Gasteiger partial charge in [-0.3, -0.25) is 0 Å². The van der Waals surface area contributed by atoms with E-state index in [1.54, 1.807) is 18.2 Å². The SMILES string of the molecule is CCCCC(O)c1ccccc1C(=O)O.[CaH2]. The molecule has 0 heterocycles. The summed E-state index contributed by atoms with van der Waals surface area (Å²) < 4.78 is 0. The molecule has 16 heavy (non-hydrogen) atoms. The average Bonchev–Trinajstić information content (AvgIpc) is 2.25. The van der Waals surface area contributed by atoms with E-state index in [-0.39, 0.29) is 43.3 Å². The van der Waals surface area contributed by atoms with Crippen LogP contribution in [0.5, 0.6) is 0 Å². The topological polar surface area (TPSA) is 57.5 Å². The van der Waals surface area contributed by atoms with Gasteiger partial charge in [-0.25, -0.2) is 4.79 Å². The summed E-state index contributed by atoms with van der Waals surface area (Å²) in [5.74, 6) is -0.985. The van der Waals surface area contributed by atoms with Gasteiger partial charge in [-0.05, 0) is 18.1 Å². The molecule has 0 bridgehead atoms. The van der Waals surface area contributed by atoms with E-state index in [9.17, 15) is 9.90 Å². The summed E-state index contributed by atoms with van der Waals surface area (Å²) in [6, 6.07) is 6.60. The number of hydrogen-bond acceptors (Lipinski definition) is 2. The van der Waals surface area contributed by atoms with Crippen LogP contribution in [0.25, 0.3) is 0 Å². The number of carboxylic acids is 1. The van der Waals surface area contributed by atoms with E-state index in [1.807, 2.05) is 6.92 Å². The summed E-state index contributed by atoms with van der Waals surface area (Å²) in [5, 5.41) is 18.7. The molecule has 0 fully saturated rings. The Morgan fingerprint density at radius 2 is 2.00 bits per heavy atom. The average molecular weight is 250 g/mol. The second kappa shape index (κ2) is 8.07. The van der Waals surface area contributed by atoms with Crippen molar-refractivity contribution in [1.29, 1.82) is 0 Å². The van der Waals surface area contributed by atoms with Crippen LogP contribution in [0.3, 0.4) is 0 Å². The fourth-order valence-electron chi connectivity index (χ4n) is 1.54. The quantitative estimate of drug-likeness (QED) is 0.782. The van der Waals surface area contributed by atoms with Gasteiger partial charge in [-0.15, -0.1) is 0 Å². The third-order valence-corrected chi connectivity index (χ3v) is 2.38. The minimum atomic E-state index is -0.985. The molecule has 0 aliphatic carbocycles. The van der Waals surface area contributed by atoms with E-state index in [2.05, 4.69) is 0 Å². The fourth-order valence-corrected chi connectivity index (χ4v) is 1.54. The number of unbranched alkanes of at least 4 members (excludes halogenated alkanes) is 1. The number of hydrogen-bond donors (Lipinski definition) is 2. The monoisotopic (exact) mass is 250 g/mol. The van der Waals surface area contributed by atoms with Crippen molar-refractivity contribution >= 4 is 43.7 Å². The third-order valence-electron chi connectivity index (χ3n) is 2.38. The van der Waals surface area contributed by atoms with E-state index in [0.29, 0.717) is 12.0 Å². The van der Waals surface area contributed by atoms with Crippen LogP contribution in [0, 0.1) is 0 Å². The molecule has 1 atom stereocenters. The summed E-state index contributed by atoms with van der Waals surface area (Å²) in [7, 11) is 0. The molecule has 0 amide bonds. The summed E-state index contributed by atoms with van der Waals surface area (Å²) in [6.07, 6.45) is 1.83. The Labute approximate surface area is 125 Å². The van der Waals surface area contributed by atoms with Gasteiger partial charge in [-0.1, -0.05) is 38.0 Å². The zero-order chi connectivity index (χ0) is 11.3. The van der Waals surface area contributed by atoms with Crippen molar-refractivity contribution in [3.8, 4) is 0 Å². The van der Waals surface area contributed by atoms with Gasteiger partial charge in [0.05, 0.1) is 11.7 Å². The second-order valence-electron chi connectivity index (χ2n) is 3.55. The minimum absolute atomic E-state index is 0. The van der Waals surface area contributed by atoms with E-state index < -0.39 is 12.1 Å². The number of aromatic carboxylic acids is 1. The van der Waals surface area contributed by atoms with E-state index >= 15 is 0 Å². The van der Waals surface area contributed by atoms with Crippen LogP contribution in [-0.4, -0.2) is 53.9 Å². The maximum absolute atomic E-state index is 10.9. The molecule has 0 aromatic heterocycles. The summed E-state index contributed by atoms with van der Waals surface area (Å²) in [4.78, 5) is 10.9.